The first kappa shape index (κ1) is 25.6. The molecule has 1 unspecified atom stereocenters. The van der Waals surface area contributed by atoms with Gasteiger partial charge >= 0.3 is 12.4 Å². The summed E-state index contributed by atoms with van der Waals surface area (Å²) in [7, 11) is -0.276. The molecule has 1 N–H and O–H groups in total. The van der Waals surface area contributed by atoms with Crippen molar-refractivity contribution in [2.75, 3.05) is 36.2 Å². The number of pyridine rings is 2. The van der Waals surface area contributed by atoms with Gasteiger partial charge in [0.2, 0.25) is 5.03 Å². The van der Waals surface area contributed by atoms with Gasteiger partial charge in [-0.05, 0) is 24.4 Å². The average molecular weight is 520 g/mol. The lowest BCUT2D eigenvalue weighted by molar-refractivity contribution is -0.222. The summed E-state index contributed by atoms with van der Waals surface area (Å²) in [6.45, 7) is 0.481. The Bertz CT molecular complexity index is 1150. The first-order valence-electron chi connectivity index (χ1n) is 10.4. The molecule has 15 heteroatoms. The lowest BCUT2D eigenvalue weighted by Gasteiger charge is -2.26. The minimum atomic E-state index is -4.81. The van der Waals surface area contributed by atoms with E-state index in [1.54, 1.807) is 0 Å². The molecule has 2 aromatic rings. The number of fused-ring (bicyclic) bond motifs is 1. The summed E-state index contributed by atoms with van der Waals surface area (Å²) < 4.78 is 98.0. The van der Waals surface area contributed by atoms with Gasteiger partial charge in [0.15, 0.2) is 7.28 Å². The predicted molar refractivity (Wildman–Crippen MR) is 116 cm³/mol. The van der Waals surface area contributed by atoms with E-state index in [2.05, 4.69) is 15.3 Å². The third-order valence-electron chi connectivity index (χ3n) is 6.13. The molecule has 2 fully saturated rings. The molecule has 35 heavy (non-hydrogen) atoms. The van der Waals surface area contributed by atoms with Crippen LogP contribution in [0.4, 0.5) is 37.8 Å². The van der Waals surface area contributed by atoms with E-state index in [9.17, 15) is 35.7 Å². The lowest BCUT2D eigenvalue weighted by Crippen LogP contribution is -2.37. The maximum Gasteiger partial charge on any atom is 0.418 e. The van der Waals surface area contributed by atoms with Crippen molar-refractivity contribution in [3.8, 4) is 0 Å². The molecule has 188 valence electrons. The van der Waals surface area contributed by atoms with Gasteiger partial charge < -0.3 is 19.5 Å². The highest BCUT2D eigenvalue weighted by Crippen LogP contribution is 2.56. The van der Waals surface area contributed by atoms with E-state index in [-0.39, 0.29) is 43.5 Å². The number of ether oxygens (including phenoxy) is 1. The predicted octanol–water partition coefficient (Wildman–Crippen LogP) is 3.13. The van der Waals surface area contributed by atoms with Crippen LogP contribution in [0.25, 0.3) is 0 Å². The molecule has 2 aliphatic heterocycles. The van der Waals surface area contributed by atoms with Crippen molar-refractivity contribution in [3.63, 3.8) is 0 Å². The largest absolute Gasteiger partial charge is 0.610 e. The molecule has 4 rings (SSSR count). The van der Waals surface area contributed by atoms with E-state index in [4.69, 9.17) is 4.74 Å². The van der Waals surface area contributed by atoms with Crippen LogP contribution in [-0.4, -0.2) is 65.3 Å². The number of nitrogens with one attached hydrogen (secondary N) is 1. The van der Waals surface area contributed by atoms with Crippen LogP contribution in [0.1, 0.15) is 21.5 Å². The fraction of sp³-hybridized carbons (Fsp3) is 0.450. The summed E-state index contributed by atoms with van der Waals surface area (Å²) in [5.74, 6) is -2.05. The highest BCUT2D eigenvalue weighted by Gasteiger charge is 2.73. The van der Waals surface area contributed by atoms with Gasteiger partial charge in [-0.2, -0.15) is 26.3 Å². The zero-order valence-electron chi connectivity index (χ0n) is 18.5. The summed E-state index contributed by atoms with van der Waals surface area (Å²) >= 11 is -1.48. The SMILES string of the molecule is Cc1c(C(F)(F)F)cnc(N2CCO[C@@]3(C(F)(F)F)BC3C2)c1C(=O)Nc1ccnc([S@@+](C)[O-])c1. The second-order valence-corrected chi connectivity index (χ2v) is 9.69. The van der Waals surface area contributed by atoms with E-state index >= 15 is 0 Å². The Balaban J connectivity index is 1.71. The number of hydrogen-bond donors (Lipinski definition) is 1. The Morgan fingerprint density at radius 2 is 2.03 bits per heavy atom. The molecular formula is C20H19BF6N4O3S. The van der Waals surface area contributed by atoms with Crippen molar-refractivity contribution >= 4 is 35.9 Å². The van der Waals surface area contributed by atoms with E-state index in [1.807, 2.05) is 0 Å². The van der Waals surface area contributed by atoms with Crippen molar-refractivity contribution in [1.29, 1.82) is 0 Å². The van der Waals surface area contributed by atoms with Crippen molar-refractivity contribution < 1.29 is 40.4 Å². The number of carbonyl (C=O) groups is 1. The number of hydrogen-bond acceptors (Lipinski definition) is 6. The number of nitrogens with zero attached hydrogens (tertiary/aromatic N) is 3. The molecule has 0 bridgehead atoms. The van der Waals surface area contributed by atoms with Crippen molar-refractivity contribution in [3.05, 3.63) is 41.2 Å². The van der Waals surface area contributed by atoms with Gasteiger partial charge in [-0.3, -0.25) is 4.79 Å². The molecule has 7 nitrogen and oxygen atoms in total. The fourth-order valence-corrected chi connectivity index (χ4v) is 4.74. The van der Waals surface area contributed by atoms with Crippen LogP contribution in [0, 0.1) is 6.92 Å². The van der Waals surface area contributed by atoms with Crippen LogP contribution in [0.3, 0.4) is 0 Å². The maximum absolute atomic E-state index is 13.6. The average Bonchev–Trinajstić information content (AvgIpc) is 3.47. The van der Waals surface area contributed by atoms with Crippen molar-refractivity contribution in [2.24, 2.45) is 0 Å². The summed E-state index contributed by atoms with van der Waals surface area (Å²) in [6, 6.07) is 2.68. The fourth-order valence-electron chi connectivity index (χ4n) is 4.24. The maximum atomic E-state index is 13.6. The lowest BCUT2D eigenvalue weighted by atomic mass is 9.96. The van der Waals surface area contributed by atoms with E-state index in [0.29, 0.717) is 6.20 Å². The summed E-state index contributed by atoms with van der Waals surface area (Å²) in [6.07, 6.45) is -6.18. The summed E-state index contributed by atoms with van der Waals surface area (Å²) in [5.41, 5.74) is -4.13. The quantitative estimate of drug-likeness (QED) is 0.379. The Morgan fingerprint density at radius 1 is 1.31 bits per heavy atom. The van der Waals surface area contributed by atoms with E-state index in [1.165, 1.54) is 29.5 Å². The molecule has 0 saturated carbocycles. The number of carbonyl (C=O) groups excluding carboxylic acids is 1. The number of amides is 1. The Kier molecular flexibility index (Phi) is 6.47. The highest BCUT2D eigenvalue weighted by atomic mass is 32.2. The van der Waals surface area contributed by atoms with Crippen LogP contribution in [0.2, 0.25) is 5.82 Å². The molecule has 0 aromatic carbocycles. The monoisotopic (exact) mass is 520 g/mol. The van der Waals surface area contributed by atoms with Gasteiger partial charge in [-0.15, -0.1) is 0 Å². The Morgan fingerprint density at radius 3 is 2.66 bits per heavy atom. The van der Waals surface area contributed by atoms with Crippen LogP contribution >= 0.6 is 0 Å². The third-order valence-corrected chi connectivity index (χ3v) is 6.94. The van der Waals surface area contributed by atoms with Crippen molar-refractivity contribution in [1.82, 2.24) is 9.97 Å². The molecule has 0 radical (unpaired) electrons. The smallest absolute Gasteiger partial charge is 0.418 e. The molecule has 0 aliphatic carbocycles. The topological polar surface area (TPSA) is 90.4 Å². The normalized spacial score (nSPS) is 23.1. The van der Waals surface area contributed by atoms with E-state index in [0.717, 1.165) is 6.92 Å². The van der Waals surface area contributed by atoms with Crippen molar-refractivity contribution in [2.45, 2.75) is 35.6 Å². The second kappa shape index (κ2) is 8.85. The molecular weight excluding hydrogens is 501 g/mol. The zero-order valence-corrected chi connectivity index (χ0v) is 19.3. The van der Waals surface area contributed by atoms with Crippen LogP contribution in [0.5, 0.6) is 0 Å². The highest BCUT2D eigenvalue weighted by molar-refractivity contribution is 7.90. The number of anilines is 2. The van der Waals surface area contributed by atoms with Crippen LogP contribution in [0.15, 0.2) is 29.6 Å². The summed E-state index contributed by atoms with van der Waals surface area (Å²) in [4.78, 5) is 22.3. The third kappa shape index (κ3) is 4.80. The molecule has 2 saturated heterocycles. The minimum absolute atomic E-state index is 0.0966. The van der Waals surface area contributed by atoms with Gasteiger partial charge in [0.25, 0.3) is 5.91 Å². The van der Waals surface area contributed by atoms with Gasteiger partial charge in [-0.1, -0.05) is 0 Å². The van der Waals surface area contributed by atoms with Gasteiger partial charge in [0.1, 0.15) is 17.6 Å². The number of aromatic nitrogens is 2. The Hall–Kier alpha value is -2.52. The molecule has 2 aliphatic rings. The second-order valence-electron chi connectivity index (χ2n) is 8.37. The molecule has 3 atom stereocenters. The Labute approximate surface area is 199 Å². The van der Waals surface area contributed by atoms with E-state index < -0.39 is 57.4 Å². The molecule has 0 spiro atoms. The number of alkyl halides is 6. The molecule has 4 heterocycles. The van der Waals surface area contributed by atoms with Crippen LogP contribution < -0.4 is 10.2 Å². The zero-order chi connectivity index (χ0) is 25.8. The van der Waals surface area contributed by atoms with Gasteiger partial charge in [-0.25, -0.2) is 9.97 Å². The number of rotatable bonds is 4. The number of halogens is 6. The summed E-state index contributed by atoms with van der Waals surface area (Å²) in [5, 5.41) is 2.61. The van der Waals surface area contributed by atoms with Gasteiger partial charge in [0, 0.05) is 48.4 Å². The molecule has 1 amide bonds. The standard InChI is InChI=1S/C20H19BF6N4O3S/c1-10-12(19(22,23)24)8-29-16(31-5-6-34-18(20(25,26)27)13(9-31)21-18)15(10)17(32)30-11-3-4-28-14(7-11)35(2)33/h3-4,7-8,13,21H,5-6,9H2,1-2H3,(H,28,30,32)/t13?,18-,35+/m0/s1. The first-order chi connectivity index (χ1) is 16.2. The van der Waals surface area contributed by atoms with Crippen LogP contribution in [-0.2, 0) is 22.1 Å². The minimum Gasteiger partial charge on any atom is -0.610 e. The first-order valence-corrected chi connectivity index (χ1v) is 11.9. The van der Waals surface area contributed by atoms with Gasteiger partial charge in [0.05, 0.1) is 17.7 Å². The molecule has 2 aromatic heterocycles.